The van der Waals surface area contributed by atoms with Crippen molar-refractivity contribution in [2.75, 3.05) is 13.1 Å². The van der Waals surface area contributed by atoms with Crippen molar-refractivity contribution in [3.05, 3.63) is 107 Å². The van der Waals surface area contributed by atoms with Crippen LogP contribution in [0.1, 0.15) is 24.0 Å². The van der Waals surface area contributed by atoms with Crippen molar-refractivity contribution in [1.82, 2.24) is 5.32 Å². The molecule has 2 nitrogen and oxygen atoms in total. The van der Waals surface area contributed by atoms with E-state index in [1.807, 2.05) is 60.7 Å². The van der Waals surface area contributed by atoms with Gasteiger partial charge in [0, 0.05) is 16.6 Å². The smallest absolute Gasteiger partial charge is 0.186 e. The number of ketones is 1. The van der Waals surface area contributed by atoms with Gasteiger partial charge >= 0.3 is 0 Å². The molecular weight excluding hydrogens is 342 g/mol. The first-order valence-corrected chi connectivity index (χ1v) is 9.93. The first-order valence-electron chi connectivity index (χ1n) is 9.93. The minimum absolute atomic E-state index is 0.0929. The Morgan fingerprint density at radius 3 is 1.64 bits per heavy atom. The molecule has 1 saturated heterocycles. The monoisotopic (exact) mass is 367 g/mol. The van der Waals surface area contributed by atoms with E-state index in [2.05, 4.69) is 41.7 Å². The van der Waals surface area contributed by atoms with Crippen LogP contribution in [-0.4, -0.2) is 18.9 Å². The van der Waals surface area contributed by atoms with E-state index in [4.69, 9.17) is 0 Å². The zero-order chi connectivity index (χ0) is 19.2. The van der Waals surface area contributed by atoms with Crippen LogP contribution in [0.2, 0.25) is 0 Å². The van der Waals surface area contributed by atoms with Gasteiger partial charge in [-0.05, 0) is 37.1 Å². The van der Waals surface area contributed by atoms with Gasteiger partial charge in [0.15, 0.2) is 5.78 Å². The largest absolute Gasteiger partial charge is 0.317 e. The van der Waals surface area contributed by atoms with E-state index in [-0.39, 0.29) is 11.2 Å². The van der Waals surface area contributed by atoms with Crippen LogP contribution in [0.25, 0.3) is 12.2 Å². The summed E-state index contributed by atoms with van der Waals surface area (Å²) >= 11 is 0. The minimum atomic E-state index is -0.0929. The fourth-order valence-electron chi connectivity index (χ4n) is 4.16. The van der Waals surface area contributed by atoms with Crippen molar-refractivity contribution in [1.29, 1.82) is 0 Å². The zero-order valence-electron chi connectivity index (χ0n) is 16.0. The number of benzene rings is 2. The summed E-state index contributed by atoms with van der Waals surface area (Å²) < 4.78 is 0. The molecule has 1 spiro atoms. The van der Waals surface area contributed by atoms with Crippen molar-refractivity contribution in [3.8, 4) is 0 Å². The first-order chi connectivity index (χ1) is 13.8. The molecule has 140 valence electrons. The quantitative estimate of drug-likeness (QED) is 0.751. The van der Waals surface area contributed by atoms with Gasteiger partial charge in [0.2, 0.25) is 0 Å². The Labute approximate surface area is 167 Å². The van der Waals surface area contributed by atoms with E-state index in [9.17, 15) is 4.79 Å². The maximum Gasteiger partial charge on any atom is 0.186 e. The van der Waals surface area contributed by atoms with E-state index in [0.29, 0.717) is 0 Å². The average Bonchev–Trinajstić information content (AvgIpc) is 2.76. The number of hydrogen-bond acceptors (Lipinski definition) is 2. The molecule has 1 heterocycles. The van der Waals surface area contributed by atoms with Gasteiger partial charge in [-0.15, -0.1) is 0 Å². The fourth-order valence-corrected chi connectivity index (χ4v) is 4.16. The Bertz CT molecular complexity index is 871. The molecule has 2 fully saturated rings. The number of nitrogens with one attached hydrogen (secondary N) is 1. The van der Waals surface area contributed by atoms with Crippen LogP contribution in [-0.2, 0) is 4.79 Å². The molecule has 0 bridgehead atoms. The van der Waals surface area contributed by atoms with Crippen molar-refractivity contribution in [2.24, 2.45) is 5.41 Å². The van der Waals surface area contributed by atoms with E-state index in [1.165, 1.54) is 0 Å². The molecule has 2 heteroatoms. The number of carbonyl (C=O) groups is 1. The Morgan fingerprint density at radius 1 is 0.714 bits per heavy atom. The lowest BCUT2D eigenvalue weighted by molar-refractivity contribution is -0.118. The van der Waals surface area contributed by atoms with Crippen LogP contribution in [0.3, 0.4) is 0 Å². The maximum atomic E-state index is 12.9. The number of allylic oxidation sites excluding steroid dienone is 6. The van der Waals surface area contributed by atoms with E-state index < -0.39 is 0 Å². The van der Waals surface area contributed by atoms with Crippen LogP contribution in [0.4, 0.5) is 0 Å². The SMILES string of the molecule is O=C1/C(=C/C=C/c2ccccc2)C2(CCNCC2)/C1=C\C=C\c1ccccc1. The lowest BCUT2D eigenvalue weighted by atomic mass is 9.55. The molecule has 2 aromatic rings. The zero-order valence-corrected chi connectivity index (χ0v) is 16.0. The van der Waals surface area contributed by atoms with Crippen LogP contribution >= 0.6 is 0 Å². The van der Waals surface area contributed by atoms with Gasteiger partial charge in [-0.3, -0.25) is 4.79 Å². The standard InChI is InChI=1S/C26H25NO/c28-25-23(15-7-13-21-9-3-1-4-10-21)26(17-19-27-20-18-26)24(25)16-8-14-22-11-5-2-6-12-22/h1-16,27H,17-20H2/b13-7+,14-8+,23-15-,24-16-. The number of Topliss-reactive ketones (excluding diaryl/α,β-unsaturated/α-hetero) is 1. The molecule has 4 rings (SSSR count). The second-order valence-corrected chi connectivity index (χ2v) is 7.36. The Morgan fingerprint density at radius 2 is 1.18 bits per heavy atom. The highest BCUT2D eigenvalue weighted by atomic mass is 16.1. The fraction of sp³-hybridized carbons (Fsp3) is 0.192. The molecule has 1 aliphatic carbocycles. The number of hydrogen-bond donors (Lipinski definition) is 1. The Balaban J connectivity index is 1.57. The summed E-state index contributed by atoms with van der Waals surface area (Å²) in [6.07, 6.45) is 14.2. The molecule has 1 N–H and O–H groups in total. The molecule has 2 aliphatic rings. The summed E-state index contributed by atoms with van der Waals surface area (Å²) in [7, 11) is 0. The summed E-state index contributed by atoms with van der Waals surface area (Å²) in [6.45, 7) is 1.90. The third-order valence-electron chi connectivity index (χ3n) is 5.68. The van der Waals surface area contributed by atoms with Crippen LogP contribution < -0.4 is 5.32 Å². The normalized spacial score (nSPS) is 21.8. The summed E-state index contributed by atoms with van der Waals surface area (Å²) in [5.74, 6) is 0.192. The van der Waals surface area contributed by atoms with E-state index in [0.717, 1.165) is 48.2 Å². The molecular formula is C26H25NO. The molecule has 0 radical (unpaired) electrons. The molecule has 1 aliphatic heterocycles. The predicted molar refractivity (Wildman–Crippen MR) is 117 cm³/mol. The van der Waals surface area contributed by atoms with Crippen molar-refractivity contribution < 1.29 is 4.79 Å². The van der Waals surface area contributed by atoms with Crippen molar-refractivity contribution in [2.45, 2.75) is 12.8 Å². The van der Waals surface area contributed by atoms with Gasteiger partial charge in [-0.2, -0.15) is 0 Å². The minimum Gasteiger partial charge on any atom is -0.317 e. The van der Waals surface area contributed by atoms with Gasteiger partial charge in [0.05, 0.1) is 0 Å². The van der Waals surface area contributed by atoms with Gasteiger partial charge in [0.25, 0.3) is 0 Å². The van der Waals surface area contributed by atoms with Gasteiger partial charge in [-0.1, -0.05) is 97.1 Å². The van der Waals surface area contributed by atoms with Crippen LogP contribution in [0.5, 0.6) is 0 Å². The van der Waals surface area contributed by atoms with Crippen molar-refractivity contribution >= 4 is 17.9 Å². The summed E-state index contributed by atoms with van der Waals surface area (Å²) in [5, 5.41) is 3.43. The van der Waals surface area contributed by atoms with E-state index in [1.54, 1.807) is 0 Å². The lowest BCUT2D eigenvalue weighted by Gasteiger charge is -2.48. The van der Waals surface area contributed by atoms with E-state index >= 15 is 0 Å². The van der Waals surface area contributed by atoms with Gasteiger partial charge in [-0.25, -0.2) is 0 Å². The van der Waals surface area contributed by atoms with Crippen LogP contribution in [0, 0.1) is 5.41 Å². The predicted octanol–water partition coefficient (Wildman–Crippen LogP) is 5.22. The van der Waals surface area contributed by atoms with Gasteiger partial charge in [0.1, 0.15) is 0 Å². The third kappa shape index (κ3) is 3.69. The molecule has 0 atom stereocenters. The summed E-state index contributed by atoms with van der Waals surface area (Å²) in [5.41, 5.74) is 4.12. The molecule has 28 heavy (non-hydrogen) atoms. The highest BCUT2D eigenvalue weighted by Gasteiger charge is 2.53. The second kappa shape index (κ2) is 8.37. The molecule has 0 unspecified atom stereocenters. The highest BCUT2D eigenvalue weighted by Crippen LogP contribution is 2.54. The topological polar surface area (TPSA) is 29.1 Å². The molecule has 0 amide bonds. The number of carbonyl (C=O) groups excluding carboxylic acids is 1. The summed E-state index contributed by atoms with van der Waals surface area (Å²) in [6, 6.07) is 20.4. The molecule has 1 saturated carbocycles. The lowest BCUT2D eigenvalue weighted by Crippen LogP contribution is -2.50. The Kier molecular flexibility index (Phi) is 5.50. The maximum absolute atomic E-state index is 12.9. The number of piperidine rings is 1. The third-order valence-corrected chi connectivity index (χ3v) is 5.68. The molecule has 2 aromatic carbocycles. The van der Waals surface area contributed by atoms with Crippen LogP contribution in [0.15, 0.2) is 96.1 Å². The first kappa shape index (κ1) is 18.4. The molecule has 0 aromatic heterocycles. The second-order valence-electron chi connectivity index (χ2n) is 7.36. The number of rotatable bonds is 4. The Hall–Kier alpha value is -2.97. The highest BCUT2D eigenvalue weighted by molar-refractivity contribution is 6.19. The average molecular weight is 367 g/mol. The summed E-state index contributed by atoms with van der Waals surface area (Å²) in [4.78, 5) is 12.9. The van der Waals surface area contributed by atoms with Gasteiger partial charge < -0.3 is 5.32 Å². The van der Waals surface area contributed by atoms with Crippen molar-refractivity contribution in [3.63, 3.8) is 0 Å².